The number of fused-ring (bicyclic) bond motifs is 1. The molecule has 0 bridgehead atoms. The van der Waals surface area contributed by atoms with Crippen LogP contribution in [0.25, 0.3) is 16.7 Å². The quantitative estimate of drug-likeness (QED) is 0.766. The SMILES string of the molecule is CCc1nc2cc(Cl)c(Cl)cc2n1-c1ccc(CCO)cc1. The average Bonchev–Trinajstić information content (AvgIpc) is 2.86. The zero-order valence-electron chi connectivity index (χ0n) is 12.2. The van der Waals surface area contributed by atoms with Gasteiger partial charge in [0.05, 0.1) is 21.1 Å². The van der Waals surface area contributed by atoms with Crippen molar-refractivity contribution in [1.29, 1.82) is 0 Å². The Morgan fingerprint density at radius 3 is 2.41 bits per heavy atom. The molecule has 0 aliphatic carbocycles. The lowest BCUT2D eigenvalue weighted by molar-refractivity contribution is 0.299. The molecule has 3 aromatic rings. The van der Waals surface area contributed by atoms with Gasteiger partial charge in [0.2, 0.25) is 0 Å². The predicted octanol–water partition coefficient (Wildman–Crippen LogP) is 4.43. The summed E-state index contributed by atoms with van der Waals surface area (Å²) in [6.07, 6.45) is 1.47. The molecular formula is C17H16Cl2N2O. The second-order valence-electron chi connectivity index (χ2n) is 5.11. The number of nitrogens with zero attached hydrogens (tertiary/aromatic N) is 2. The first-order valence-corrected chi connectivity index (χ1v) is 7.96. The van der Waals surface area contributed by atoms with Crippen LogP contribution in [-0.4, -0.2) is 21.3 Å². The van der Waals surface area contributed by atoms with E-state index in [-0.39, 0.29) is 6.61 Å². The molecule has 0 radical (unpaired) electrons. The maximum absolute atomic E-state index is 9.01. The Labute approximate surface area is 139 Å². The van der Waals surface area contributed by atoms with Crippen molar-refractivity contribution in [3.05, 3.63) is 57.8 Å². The third-order valence-corrected chi connectivity index (χ3v) is 4.40. The molecule has 0 unspecified atom stereocenters. The van der Waals surface area contributed by atoms with Gasteiger partial charge in [0.25, 0.3) is 0 Å². The highest BCUT2D eigenvalue weighted by molar-refractivity contribution is 6.42. The van der Waals surface area contributed by atoms with E-state index in [4.69, 9.17) is 28.3 Å². The molecule has 0 atom stereocenters. The van der Waals surface area contributed by atoms with Crippen molar-refractivity contribution < 1.29 is 5.11 Å². The number of hydrogen-bond acceptors (Lipinski definition) is 2. The Morgan fingerprint density at radius 2 is 1.77 bits per heavy atom. The largest absolute Gasteiger partial charge is 0.396 e. The molecule has 0 spiro atoms. The summed E-state index contributed by atoms with van der Waals surface area (Å²) < 4.78 is 2.10. The molecule has 0 saturated heterocycles. The van der Waals surface area contributed by atoms with E-state index < -0.39 is 0 Å². The van der Waals surface area contributed by atoms with Gasteiger partial charge in [-0.1, -0.05) is 42.3 Å². The molecule has 0 fully saturated rings. The van der Waals surface area contributed by atoms with Crippen molar-refractivity contribution >= 4 is 34.2 Å². The molecule has 0 aliphatic heterocycles. The highest BCUT2D eigenvalue weighted by Gasteiger charge is 2.13. The minimum atomic E-state index is 0.154. The Bertz CT molecular complexity index is 810. The molecule has 0 saturated carbocycles. The Morgan fingerprint density at radius 1 is 1.09 bits per heavy atom. The number of aliphatic hydroxyl groups excluding tert-OH is 1. The molecule has 22 heavy (non-hydrogen) atoms. The molecule has 3 rings (SSSR count). The first kappa shape index (κ1) is 15.3. The van der Waals surface area contributed by atoms with Crippen LogP contribution in [0.3, 0.4) is 0 Å². The number of aliphatic hydroxyl groups is 1. The van der Waals surface area contributed by atoms with Crippen molar-refractivity contribution in [3.8, 4) is 5.69 Å². The fourth-order valence-electron chi connectivity index (χ4n) is 2.59. The van der Waals surface area contributed by atoms with Gasteiger partial charge in [-0.3, -0.25) is 4.57 Å². The summed E-state index contributed by atoms with van der Waals surface area (Å²) in [6.45, 7) is 2.22. The minimum absolute atomic E-state index is 0.154. The molecule has 0 aliphatic rings. The van der Waals surface area contributed by atoms with Crippen LogP contribution in [0, 0.1) is 0 Å². The highest BCUT2D eigenvalue weighted by atomic mass is 35.5. The van der Waals surface area contributed by atoms with Gasteiger partial charge in [0.15, 0.2) is 0 Å². The van der Waals surface area contributed by atoms with Crippen LogP contribution in [0.15, 0.2) is 36.4 Å². The molecule has 1 N–H and O–H groups in total. The van der Waals surface area contributed by atoms with Gasteiger partial charge in [0.1, 0.15) is 5.82 Å². The van der Waals surface area contributed by atoms with E-state index in [2.05, 4.69) is 16.5 Å². The summed E-state index contributed by atoms with van der Waals surface area (Å²) in [5.41, 5.74) is 3.92. The van der Waals surface area contributed by atoms with Gasteiger partial charge in [-0.05, 0) is 36.2 Å². The van der Waals surface area contributed by atoms with Crippen LogP contribution in [0.2, 0.25) is 10.0 Å². The number of hydrogen-bond donors (Lipinski definition) is 1. The third-order valence-electron chi connectivity index (χ3n) is 3.68. The van der Waals surface area contributed by atoms with Crippen molar-refractivity contribution in [1.82, 2.24) is 9.55 Å². The third kappa shape index (κ3) is 2.72. The summed E-state index contributed by atoms with van der Waals surface area (Å²) in [5.74, 6) is 0.961. The minimum Gasteiger partial charge on any atom is -0.396 e. The van der Waals surface area contributed by atoms with Gasteiger partial charge in [0, 0.05) is 18.7 Å². The van der Waals surface area contributed by atoms with Crippen LogP contribution in [0.5, 0.6) is 0 Å². The number of rotatable bonds is 4. The Balaban J connectivity index is 2.17. The van der Waals surface area contributed by atoms with Crippen LogP contribution in [0.4, 0.5) is 0 Å². The number of benzene rings is 2. The van der Waals surface area contributed by atoms with Crippen molar-refractivity contribution in [2.45, 2.75) is 19.8 Å². The van der Waals surface area contributed by atoms with Crippen molar-refractivity contribution in [3.63, 3.8) is 0 Å². The second kappa shape index (κ2) is 6.29. The van der Waals surface area contributed by atoms with E-state index in [1.807, 2.05) is 30.3 Å². The summed E-state index contributed by atoms with van der Waals surface area (Å²) in [5, 5.41) is 10.0. The highest BCUT2D eigenvalue weighted by Crippen LogP contribution is 2.30. The molecule has 3 nitrogen and oxygen atoms in total. The van der Waals surface area contributed by atoms with E-state index in [1.165, 1.54) is 0 Å². The Kier molecular flexibility index (Phi) is 4.39. The van der Waals surface area contributed by atoms with Crippen molar-refractivity contribution in [2.75, 3.05) is 6.61 Å². The molecule has 1 aromatic heterocycles. The summed E-state index contributed by atoms with van der Waals surface area (Å²) in [6, 6.07) is 11.8. The van der Waals surface area contributed by atoms with Gasteiger partial charge in [-0.2, -0.15) is 0 Å². The number of aromatic nitrogens is 2. The summed E-state index contributed by atoms with van der Waals surface area (Å²) in [7, 11) is 0. The first-order chi connectivity index (χ1) is 10.6. The predicted molar refractivity (Wildman–Crippen MR) is 91.3 cm³/mol. The van der Waals surface area contributed by atoms with Gasteiger partial charge < -0.3 is 5.11 Å². The summed E-state index contributed by atoms with van der Waals surface area (Å²) in [4.78, 5) is 4.65. The topological polar surface area (TPSA) is 38.0 Å². The van der Waals surface area contributed by atoms with E-state index >= 15 is 0 Å². The van der Waals surface area contributed by atoms with E-state index in [9.17, 15) is 0 Å². The molecule has 114 valence electrons. The van der Waals surface area contributed by atoms with Gasteiger partial charge in [-0.15, -0.1) is 0 Å². The maximum atomic E-state index is 9.01. The lowest BCUT2D eigenvalue weighted by Crippen LogP contribution is -2.00. The monoisotopic (exact) mass is 334 g/mol. The standard InChI is InChI=1S/C17H16Cl2N2O/c1-2-17-20-15-9-13(18)14(19)10-16(15)21(17)12-5-3-11(4-6-12)7-8-22/h3-6,9-10,22H,2,7-8H2,1H3. The normalized spacial score (nSPS) is 11.3. The molecule has 0 amide bonds. The van der Waals surface area contributed by atoms with Gasteiger partial charge in [-0.25, -0.2) is 4.98 Å². The lowest BCUT2D eigenvalue weighted by atomic mass is 10.1. The van der Waals surface area contributed by atoms with Crippen molar-refractivity contribution in [2.24, 2.45) is 0 Å². The van der Waals surface area contributed by atoms with E-state index in [1.54, 1.807) is 6.07 Å². The summed E-state index contributed by atoms with van der Waals surface area (Å²) >= 11 is 12.3. The molecule has 2 aromatic carbocycles. The second-order valence-corrected chi connectivity index (χ2v) is 5.93. The Hall–Kier alpha value is -1.55. The van der Waals surface area contributed by atoms with Crippen LogP contribution in [0.1, 0.15) is 18.3 Å². The van der Waals surface area contributed by atoms with Crippen LogP contribution < -0.4 is 0 Å². The molecular weight excluding hydrogens is 319 g/mol. The molecule has 1 heterocycles. The first-order valence-electron chi connectivity index (χ1n) is 7.20. The number of halogens is 2. The fourth-order valence-corrected chi connectivity index (χ4v) is 2.90. The van der Waals surface area contributed by atoms with E-state index in [0.29, 0.717) is 16.5 Å². The zero-order chi connectivity index (χ0) is 15.7. The smallest absolute Gasteiger partial charge is 0.114 e. The van der Waals surface area contributed by atoms with Crippen LogP contribution >= 0.6 is 23.2 Å². The maximum Gasteiger partial charge on any atom is 0.114 e. The average molecular weight is 335 g/mol. The van der Waals surface area contributed by atoms with E-state index in [0.717, 1.165) is 34.5 Å². The lowest BCUT2D eigenvalue weighted by Gasteiger charge is -2.09. The van der Waals surface area contributed by atoms with Crippen LogP contribution in [-0.2, 0) is 12.8 Å². The molecule has 5 heteroatoms. The number of aryl methyl sites for hydroxylation is 1. The zero-order valence-corrected chi connectivity index (χ0v) is 13.7. The number of imidazole rings is 1. The van der Waals surface area contributed by atoms with Gasteiger partial charge >= 0.3 is 0 Å². The fraction of sp³-hybridized carbons (Fsp3) is 0.235.